The first-order valence-electron chi connectivity index (χ1n) is 5.24. The summed E-state index contributed by atoms with van der Waals surface area (Å²) in [7, 11) is 1.34. The van der Waals surface area contributed by atoms with Crippen molar-refractivity contribution < 1.29 is 9.53 Å². The van der Waals surface area contributed by atoms with E-state index in [1.807, 2.05) is 43.5 Å². The monoisotopic (exact) mass is 220 g/mol. The van der Waals surface area contributed by atoms with Crippen LogP contribution in [-0.2, 0) is 4.74 Å². The van der Waals surface area contributed by atoms with E-state index in [2.05, 4.69) is 9.72 Å². The van der Waals surface area contributed by atoms with Crippen LogP contribution in [0.4, 0.5) is 0 Å². The molecule has 0 aliphatic rings. The van der Waals surface area contributed by atoms with Crippen molar-refractivity contribution in [2.45, 2.75) is 20.8 Å². The molecule has 0 aliphatic heterocycles. The van der Waals surface area contributed by atoms with Crippen LogP contribution >= 0.6 is 0 Å². The minimum absolute atomic E-state index is 0.332. The van der Waals surface area contributed by atoms with E-state index in [1.54, 1.807) is 6.20 Å². The Morgan fingerprint density at radius 3 is 2.62 bits per heavy atom. The van der Waals surface area contributed by atoms with E-state index < -0.39 is 5.97 Å². The van der Waals surface area contributed by atoms with Crippen LogP contribution in [-0.4, -0.2) is 22.5 Å². The molecule has 0 fully saturated rings. The third-order valence-electron chi connectivity index (χ3n) is 1.99. The third-order valence-corrected chi connectivity index (χ3v) is 1.99. The van der Waals surface area contributed by atoms with Crippen molar-refractivity contribution in [2.75, 3.05) is 7.11 Å². The lowest BCUT2D eigenvalue weighted by molar-refractivity contribution is 0.0595. The maximum absolute atomic E-state index is 11.2. The second kappa shape index (κ2) is 5.30. The summed E-state index contributed by atoms with van der Waals surface area (Å²) in [4.78, 5) is 15.3. The molecule has 0 amide bonds. The number of rotatable bonds is 1. The number of hydrogen-bond donors (Lipinski definition) is 0. The topological polar surface area (TPSA) is 43.6 Å². The summed E-state index contributed by atoms with van der Waals surface area (Å²) in [5.74, 6) is -0.411. The average molecular weight is 220 g/mol. The summed E-state index contributed by atoms with van der Waals surface area (Å²) in [5, 5.41) is 0. The molecule has 2 heterocycles. The molecule has 0 saturated heterocycles. The number of hydrogen-bond acceptors (Lipinski definition) is 3. The molecular weight excluding hydrogens is 204 g/mol. The minimum atomic E-state index is -0.411. The quantitative estimate of drug-likeness (QED) is 0.693. The van der Waals surface area contributed by atoms with Crippen molar-refractivity contribution in [3.8, 4) is 0 Å². The van der Waals surface area contributed by atoms with Crippen molar-refractivity contribution >= 4 is 11.6 Å². The first-order chi connectivity index (χ1) is 7.70. The number of pyridine rings is 1. The van der Waals surface area contributed by atoms with Crippen LogP contribution < -0.4 is 0 Å². The fourth-order valence-electron chi connectivity index (χ4n) is 1.31. The van der Waals surface area contributed by atoms with Crippen molar-refractivity contribution in [1.82, 2.24) is 9.38 Å². The number of carbonyl (C=O) groups excluding carboxylic acids is 1. The van der Waals surface area contributed by atoms with E-state index in [0.717, 1.165) is 11.2 Å². The second-order valence-electron chi connectivity index (χ2n) is 3.09. The molecule has 2 aromatic rings. The molecule has 2 aromatic heterocycles. The number of aryl methyl sites for hydroxylation is 1. The molecule has 0 unspecified atom stereocenters. The first kappa shape index (κ1) is 12.2. The zero-order chi connectivity index (χ0) is 12.1. The SMILES string of the molecule is CC.COC(=O)c1cn2cc(C)ccc2n1. The zero-order valence-corrected chi connectivity index (χ0v) is 10.0. The van der Waals surface area contributed by atoms with Crippen LogP contribution in [0, 0.1) is 6.92 Å². The molecule has 0 spiro atoms. The van der Waals surface area contributed by atoms with Crippen LogP contribution in [0.15, 0.2) is 24.5 Å². The number of carbonyl (C=O) groups is 1. The number of methoxy groups -OCH3 is 1. The molecule has 0 bridgehead atoms. The van der Waals surface area contributed by atoms with Gasteiger partial charge >= 0.3 is 5.97 Å². The van der Waals surface area contributed by atoms with Crippen LogP contribution in [0.1, 0.15) is 29.9 Å². The average Bonchev–Trinajstić information content (AvgIpc) is 2.73. The Balaban J connectivity index is 0.000000606. The third kappa shape index (κ3) is 2.39. The van der Waals surface area contributed by atoms with Crippen molar-refractivity contribution in [2.24, 2.45) is 0 Å². The van der Waals surface area contributed by atoms with E-state index >= 15 is 0 Å². The molecule has 0 atom stereocenters. The Bertz CT molecular complexity index is 489. The van der Waals surface area contributed by atoms with Gasteiger partial charge < -0.3 is 9.14 Å². The Morgan fingerprint density at radius 1 is 1.31 bits per heavy atom. The van der Waals surface area contributed by atoms with E-state index in [4.69, 9.17) is 0 Å². The lowest BCUT2D eigenvalue weighted by Crippen LogP contribution is -2.00. The highest BCUT2D eigenvalue weighted by atomic mass is 16.5. The maximum atomic E-state index is 11.2. The number of imidazole rings is 1. The van der Waals surface area contributed by atoms with Crippen molar-refractivity contribution in [3.63, 3.8) is 0 Å². The summed E-state index contributed by atoms with van der Waals surface area (Å²) in [6.45, 7) is 5.98. The lowest BCUT2D eigenvalue weighted by Gasteiger charge is -1.92. The summed E-state index contributed by atoms with van der Waals surface area (Å²) in [5.41, 5.74) is 2.19. The number of nitrogens with zero attached hydrogens (tertiary/aromatic N) is 2. The normalized spacial score (nSPS) is 9.50. The van der Waals surface area contributed by atoms with E-state index in [0.29, 0.717) is 5.69 Å². The summed E-state index contributed by atoms with van der Waals surface area (Å²) < 4.78 is 6.39. The molecule has 16 heavy (non-hydrogen) atoms. The molecule has 0 aromatic carbocycles. The predicted molar refractivity (Wildman–Crippen MR) is 62.6 cm³/mol. The lowest BCUT2D eigenvalue weighted by atomic mass is 10.3. The van der Waals surface area contributed by atoms with Gasteiger partial charge in [0, 0.05) is 12.4 Å². The zero-order valence-electron chi connectivity index (χ0n) is 10.0. The fraction of sp³-hybridized carbons (Fsp3) is 0.333. The Kier molecular flexibility index (Phi) is 4.05. The van der Waals surface area contributed by atoms with Crippen molar-refractivity contribution in [1.29, 1.82) is 0 Å². The van der Waals surface area contributed by atoms with Gasteiger partial charge in [0.2, 0.25) is 0 Å². The highest BCUT2D eigenvalue weighted by Gasteiger charge is 2.09. The molecule has 0 N–H and O–H groups in total. The molecule has 0 radical (unpaired) electrons. The summed E-state index contributed by atoms with van der Waals surface area (Å²) in [6.07, 6.45) is 3.57. The molecule has 2 rings (SSSR count). The smallest absolute Gasteiger partial charge is 0.358 e. The number of aromatic nitrogens is 2. The number of esters is 1. The van der Waals surface area contributed by atoms with Gasteiger partial charge in [0.25, 0.3) is 0 Å². The molecule has 4 heteroatoms. The van der Waals surface area contributed by atoms with Gasteiger partial charge in [0.1, 0.15) is 5.65 Å². The van der Waals surface area contributed by atoms with Gasteiger partial charge in [-0.3, -0.25) is 0 Å². The van der Waals surface area contributed by atoms with Gasteiger partial charge in [-0.1, -0.05) is 19.9 Å². The second-order valence-corrected chi connectivity index (χ2v) is 3.09. The van der Waals surface area contributed by atoms with Crippen LogP contribution in [0.25, 0.3) is 5.65 Å². The molecule has 0 aliphatic carbocycles. The fourth-order valence-corrected chi connectivity index (χ4v) is 1.31. The Labute approximate surface area is 94.9 Å². The van der Waals surface area contributed by atoms with Gasteiger partial charge in [-0.2, -0.15) is 0 Å². The predicted octanol–water partition coefficient (Wildman–Crippen LogP) is 2.46. The van der Waals surface area contributed by atoms with Gasteiger partial charge in [0.15, 0.2) is 5.69 Å². The van der Waals surface area contributed by atoms with Crippen LogP contribution in [0.2, 0.25) is 0 Å². The molecule has 86 valence electrons. The Morgan fingerprint density at radius 2 is 2.00 bits per heavy atom. The maximum Gasteiger partial charge on any atom is 0.358 e. The van der Waals surface area contributed by atoms with Gasteiger partial charge in [0.05, 0.1) is 7.11 Å². The molecule has 0 saturated carbocycles. The molecule has 4 nitrogen and oxygen atoms in total. The van der Waals surface area contributed by atoms with E-state index in [9.17, 15) is 4.79 Å². The highest BCUT2D eigenvalue weighted by Crippen LogP contribution is 2.07. The summed E-state index contributed by atoms with van der Waals surface area (Å²) >= 11 is 0. The standard InChI is InChI=1S/C10H10N2O2.C2H6/c1-7-3-4-9-11-8(10(13)14-2)6-12(9)5-7;1-2/h3-6H,1-2H3;1-2H3. The van der Waals surface area contributed by atoms with Crippen molar-refractivity contribution in [3.05, 3.63) is 35.8 Å². The molecular formula is C12H16N2O2. The summed E-state index contributed by atoms with van der Waals surface area (Å²) in [6, 6.07) is 3.81. The Hall–Kier alpha value is -1.84. The van der Waals surface area contributed by atoms with Gasteiger partial charge in [-0.25, -0.2) is 9.78 Å². The first-order valence-corrected chi connectivity index (χ1v) is 5.24. The van der Waals surface area contributed by atoms with Crippen LogP contribution in [0.3, 0.4) is 0 Å². The minimum Gasteiger partial charge on any atom is -0.464 e. The van der Waals surface area contributed by atoms with E-state index in [-0.39, 0.29) is 0 Å². The largest absolute Gasteiger partial charge is 0.464 e. The van der Waals surface area contributed by atoms with Crippen LogP contribution in [0.5, 0.6) is 0 Å². The number of ether oxygens (including phenoxy) is 1. The van der Waals surface area contributed by atoms with Gasteiger partial charge in [-0.05, 0) is 18.6 Å². The highest BCUT2D eigenvalue weighted by molar-refractivity contribution is 5.87. The van der Waals surface area contributed by atoms with E-state index in [1.165, 1.54) is 7.11 Å². The number of fused-ring (bicyclic) bond motifs is 1. The van der Waals surface area contributed by atoms with Gasteiger partial charge in [-0.15, -0.1) is 0 Å².